The van der Waals surface area contributed by atoms with Crippen LogP contribution in [0.5, 0.6) is 0 Å². The molecule has 0 bridgehead atoms. The number of hydrogen-bond acceptors (Lipinski definition) is 2. The van der Waals surface area contributed by atoms with Crippen molar-refractivity contribution in [1.82, 2.24) is 4.98 Å². The van der Waals surface area contributed by atoms with Crippen molar-refractivity contribution in [3.8, 4) is 0 Å². The fourth-order valence-corrected chi connectivity index (χ4v) is 1.56. The molecule has 0 aliphatic heterocycles. The van der Waals surface area contributed by atoms with Crippen molar-refractivity contribution in [1.29, 1.82) is 0 Å². The summed E-state index contributed by atoms with van der Waals surface area (Å²) >= 11 is 3.31. The second kappa shape index (κ2) is 3.67. The van der Waals surface area contributed by atoms with Gasteiger partial charge in [0, 0.05) is 10.2 Å². The highest BCUT2D eigenvalue weighted by molar-refractivity contribution is 9.10. The number of primary amides is 1. The van der Waals surface area contributed by atoms with Crippen molar-refractivity contribution < 1.29 is 4.79 Å². The normalized spacial score (nSPS) is 9.83. The highest BCUT2D eigenvalue weighted by Gasteiger charge is 2.01. The molecule has 64 valence electrons. The molecule has 3 nitrogen and oxygen atoms in total. The van der Waals surface area contributed by atoms with Crippen LogP contribution in [-0.4, -0.2) is 10.9 Å². The molecular formula is C8H9BrN2O. The Morgan fingerprint density at radius 3 is 2.83 bits per heavy atom. The average molecular weight is 229 g/mol. The molecule has 0 aliphatic carbocycles. The number of aryl methyl sites for hydroxylation is 1. The second-order valence-corrected chi connectivity index (χ2v) is 3.48. The van der Waals surface area contributed by atoms with Crippen LogP contribution >= 0.6 is 15.9 Å². The number of rotatable bonds is 2. The van der Waals surface area contributed by atoms with E-state index in [2.05, 4.69) is 20.9 Å². The Morgan fingerprint density at radius 2 is 2.33 bits per heavy atom. The molecule has 1 aromatic rings. The molecule has 1 aromatic heterocycles. The largest absolute Gasteiger partial charge is 0.369 e. The van der Waals surface area contributed by atoms with Gasteiger partial charge < -0.3 is 5.73 Å². The van der Waals surface area contributed by atoms with Gasteiger partial charge in [-0.1, -0.05) is 15.9 Å². The molecule has 0 atom stereocenters. The van der Waals surface area contributed by atoms with E-state index in [1.165, 1.54) is 0 Å². The molecule has 0 saturated carbocycles. The number of nitrogens with two attached hydrogens (primary N) is 1. The summed E-state index contributed by atoms with van der Waals surface area (Å²) in [4.78, 5) is 14.7. The predicted molar refractivity (Wildman–Crippen MR) is 49.6 cm³/mol. The van der Waals surface area contributed by atoms with Crippen LogP contribution in [0.25, 0.3) is 0 Å². The van der Waals surface area contributed by atoms with Crippen LogP contribution in [0.3, 0.4) is 0 Å². The molecular weight excluding hydrogens is 220 g/mol. The number of halogens is 1. The van der Waals surface area contributed by atoms with E-state index in [1.54, 1.807) is 6.07 Å². The smallest absolute Gasteiger partial charge is 0.223 e. The number of amides is 1. The van der Waals surface area contributed by atoms with E-state index in [4.69, 9.17) is 5.73 Å². The SMILES string of the molecule is Cc1cc(Br)cc(CC(N)=O)n1. The summed E-state index contributed by atoms with van der Waals surface area (Å²) in [7, 11) is 0. The zero-order valence-electron chi connectivity index (χ0n) is 6.67. The van der Waals surface area contributed by atoms with Crippen LogP contribution < -0.4 is 5.73 Å². The minimum Gasteiger partial charge on any atom is -0.369 e. The summed E-state index contributed by atoms with van der Waals surface area (Å²) < 4.78 is 0.922. The van der Waals surface area contributed by atoms with E-state index in [1.807, 2.05) is 13.0 Å². The van der Waals surface area contributed by atoms with Crippen LogP contribution in [0.4, 0.5) is 0 Å². The molecule has 0 aromatic carbocycles. The molecule has 0 fully saturated rings. The Bertz CT molecular complexity index is 292. The number of nitrogens with zero attached hydrogens (tertiary/aromatic N) is 1. The molecule has 4 heteroatoms. The minimum absolute atomic E-state index is 0.195. The molecule has 0 radical (unpaired) electrons. The zero-order chi connectivity index (χ0) is 9.14. The van der Waals surface area contributed by atoms with E-state index >= 15 is 0 Å². The maximum absolute atomic E-state index is 10.6. The summed E-state index contributed by atoms with van der Waals surface area (Å²) in [6.07, 6.45) is 0.195. The molecule has 0 aliphatic rings. The van der Waals surface area contributed by atoms with Gasteiger partial charge in [0.2, 0.25) is 5.91 Å². The quantitative estimate of drug-likeness (QED) is 0.827. The van der Waals surface area contributed by atoms with Gasteiger partial charge in [-0.05, 0) is 19.1 Å². The molecule has 12 heavy (non-hydrogen) atoms. The second-order valence-electron chi connectivity index (χ2n) is 2.56. The van der Waals surface area contributed by atoms with Gasteiger partial charge in [0.05, 0.1) is 12.1 Å². The molecule has 1 amide bonds. The van der Waals surface area contributed by atoms with E-state index in [9.17, 15) is 4.79 Å². The van der Waals surface area contributed by atoms with Crippen molar-refractivity contribution in [2.45, 2.75) is 13.3 Å². The highest BCUT2D eigenvalue weighted by Crippen LogP contribution is 2.12. The zero-order valence-corrected chi connectivity index (χ0v) is 8.26. The average Bonchev–Trinajstić information content (AvgIpc) is 1.81. The van der Waals surface area contributed by atoms with E-state index < -0.39 is 0 Å². The molecule has 1 rings (SSSR count). The van der Waals surface area contributed by atoms with Gasteiger partial charge in [-0.15, -0.1) is 0 Å². The van der Waals surface area contributed by atoms with Crippen molar-refractivity contribution in [2.75, 3.05) is 0 Å². The van der Waals surface area contributed by atoms with Crippen molar-refractivity contribution >= 4 is 21.8 Å². The summed E-state index contributed by atoms with van der Waals surface area (Å²) in [5.74, 6) is -0.361. The number of aromatic nitrogens is 1. The van der Waals surface area contributed by atoms with E-state index in [0.717, 1.165) is 10.2 Å². The Hall–Kier alpha value is -0.900. The van der Waals surface area contributed by atoms with Gasteiger partial charge in [0.1, 0.15) is 0 Å². The van der Waals surface area contributed by atoms with E-state index in [0.29, 0.717) is 5.69 Å². The number of carbonyl (C=O) groups is 1. The van der Waals surface area contributed by atoms with E-state index in [-0.39, 0.29) is 12.3 Å². The van der Waals surface area contributed by atoms with Crippen molar-refractivity contribution in [2.24, 2.45) is 5.73 Å². The lowest BCUT2D eigenvalue weighted by Crippen LogP contribution is -2.14. The van der Waals surface area contributed by atoms with Gasteiger partial charge in [0.15, 0.2) is 0 Å². The number of hydrogen-bond donors (Lipinski definition) is 1. The molecule has 0 saturated heterocycles. The Balaban J connectivity index is 2.93. The van der Waals surface area contributed by atoms with Crippen molar-refractivity contribution in [3.63, 3.8) is 0 Å². The predicted octanol–water partition coefficient (Wildman–Crippen LogP) is 1.18. The monoisotopic (exact) mass is 228 g/mol. The first-order chi connectivity index (χ1) is 5.58. The third kappa shape index (κ3) is 2.62. The fourth-order valence-electron chi connectivity index (χ4n) is 0.961. The lowest BCUT2D eigenvalue weighted by atomic mass is 10.2. The molecule has 0 unspecified atom stereocenters. The standard InChI is InChI=1S/C8H9BrN2O/c1-5-2-6(9)3-7(11-5)4-8(10)12/h2-3H,4H2,1H3,(H2,10,12). The van der Waals surface area contributed by atoms with Gasteiger partial charge in [-0.3, -0.25) is 9.78 Å². The lowest BCUT2D eigenvalue weighted by Gasteiger charge is -1.99. The highest BCUT2D eigenvalue weighted by atomic mass is 79.9. The maximum atomic E-state index is 10.6. The first-order valence-corrected chi connectivity index (χ1v) is 4.28. The Labute approximate surface area is 79.1 Å². The third-order valence-electron chi connectivity index (χ3n) is 1.33. The molecule has 2 N–H and O–H groups in total. The van der Waals surface area contributed by atoms with Crippen molar-refractivity contribution in [3.05, 3.63) is 28.0 Å². The van der Waals surface area contributed by atoms with Crippen LogP contribution in [0.15, 0.2) is 16.6 Å². The first kappa shape index (κ1) is 9.19. The van der Waals surface area contributed by atoms with Gasteiger partial charge in [-0.2, -0.15) is 0 Å². The summed E-state index contributed by atoms with van der Waals surface area (Å²) in [5, 5.41) is 0. The molecule has 0 spiro atoms. The number of carbonyl (C=O) groups excluding carboxylic acids is 1. The van der Waals surface area contributed by atoms with Crippen LogP contribution in [0.1, 0.15) is 11.4 Å². The Kier molecular flexibility index (Phi) is 2.81. The van der Waals surface area contributed by atoms with Crippen LogP contribution in [0, 0.1) is 6.92 Å². The van der Waals surface area contributed by atoms with Gasteiger partial charge in [-0.25, -0.2) is 0 Å². The van der Waals surface area contributed by atoms with Crippen LogP contribution in [-0.2, 0) is 11.2 Å². The summed E-state index contributed by atoms with van der Waals surface area (Å²) in [5.41, 5.74) is 6.61. The Morgan fingerprint density at radius 1 is 1.67 bits per heavy atom. The first-order valence-electron chi connectivity index (χ1n) is 3.49. The lowest BCUT2D eigenvalue weighted by molar-refractivity contribution is -0.117. The van der Waals surface area contributed by atoms with Gasteiger partial charge in [0.25, 0.3) is 0 Å². The molecule has 1 heterocycles. The topological polar surface area (TPSA) is 56.0 Å². The minimum atomic E-state index is -0.361. The number of pyridine rings is 1. The van der Waals surface area contributed by atoms with Crippen LogP contribution in [0.2, 0.25) is 0 Å². The maximum Gasteiger partial charge on any atom is 0.223 e. The van der Waals surface area contributed by atoms with Gasteiger partial charge >= 0.3 is 0 Å². The fraction of sp³-hybridized carbons (Fsp3) is 0.250. The summed E-state index contributed by atoms with van der Waals surface area (Å²) in [6, 6.07) is 3.67. The third-order valence-corrected chi connectivity index (χ3v) is 1.78. The summed E-state index contributed by atoms with van der Waals surface area (Å²) in [6.45, 7) is 1.87.